The van der Waals surface area contributed by atoms with Gasteiger partial charge in [-0.2, -0.15) is 0 Å². The average Bonchev–Trinajstić information content (AvgIpc) is 2.18. The first-order valence-corrected chi connectivity index (χ1v) is 5.51. The standard InChI is InChI=1S/C10H11BrN2O2/c1-12-3-2-7-4-8(13(14)15)5-10(11)9(7)6-12/h4-5H,2-3,6H2,1H3. The molecule has 0 fully saturated rings. The zero-order valence-electron chi connectivity index (χ0n) is 8.36. The molecule has 1 aliphatic heterocycles. The molecular formula is C10H11BrN2O2. The Morgan fingerprint density at radius 1 is 1.53 bits per heavy atom. The van der Waals surface area contributed by atoms with Crippen LogP contribution >= 0.6 is 15.9 Å². The molecule has 1 heterocycles. The highest BCUT2D eigenvalue weighted by molar-refractivity contribution is 9.10. The first-order valence-electron chi connectivity index (χ1n) is 4.72. The van der Waals surface area contributed by atoms with E-state index in [1.165, 1.54) is 5.56 Å². The van der Waals surface area contributed by atoms with Crippen LogP contribution in [0.2, 0.25) is 0 Å². The van der Waals surface area contributed by atoms with Crippen molar-refractivity contribution in [3.05, 3.63) is 37.8 Å². The Balaban J connectivity index is 2.48. The zero-order valence-corrected chi connectivity index (χ0v) is 9.95. The molecule has 15 heavy (non-hydrogen) atoms. The summed E-state index contributed by atoms with van der Waals surface area (Å²) in [7, 11) is 2.05. The summed E-state index contributed by atoms with van der Waals surface area (Å²) in [5.41, 5.74) is 2.44. The van der Waals surface area contributed by atoms with Crippen LogP contribution in [0.4, 0.5) is 5.69 Å². The molecule has 0 aromatic heterocycles. The molecule has 0 saturated carbocycles. The minimum Gasteiger partial charge on any atom is -0.302 e. The van der Waals surface area contributed by atoms with E-state index >= 15 is 0 Å². The van der Waals surface area contributed by atoms with E-state index in [4.69, 9.17) is 0 Å². The highest BCUT2D eigenvalue weighted by Gasteiger charge is 2.19. The van der Waals surface area contributed by atoms with Gasteiger partial charge in [-0.15, -0.1) is 0 Å². The number of hydrogen-bond donors (Lipinski definition) is 0. The Hall–Kier alpha value is -0.940. The number of benzene rings is 1. The minimum absolute atomic E-state index is 0.171. The maximum Gasteiger partial charge on any atom is 0.270 e. The van der Waals surface area contributed by atoms with Crippen molar-refractivity contribution in [3.63, 3.8) is 0 Å². The second-order valence-corrected chi connectivity index (χ2v) is 4.66. The van der Waals surface area contributed by atoms with Crippen LogP contribution in [0.15, 0.2) is 16.6 Å². The largest absolute Gasteiger partial charge is 0.302 e. The van der Waals surface area contributed by atoms with Gasteiger partial charge in [-0.1, -0.05) is 15.9 Å². The fourth-order valence-electron chi connectivity index (χ4n) is 1.84. The van der Waals surface area contributed by atoms with Gasteiger partial charge in [0.2, 0.25) is 0 Å². The average molecular weight is 271 g/mol. The summed E-state index contributed by atoms with van der Waals surface area (Å²) in [6, 6.07) is 3.27. The van der Waals surface area contributed by atoms with Gasteiger partial charge in [-0.25, -0.2) is 0 Å². The van der Waals surface area contributed by atoms with Gasteiger partial charge < -0.3 is 4.90 Å². The van der Waals surface area contributed by atoms with Crippen molar-refractivity contribution in [2.75, 3.05) is 13.6 Å². The molecule has 0 radical (unpaired) electrons. The fourth-order valence-corrected chi connectivity index (χ4v) is 2.46. The van der Waals surface area contributed by atoms with E-state index in [-0.39, 0.29) is 10.6 Å². The normalized spacial score (nSPS) is 16.1. The van der Waals surface area contributed by atoms with Crippen molar-refractivity contribution >= 4 is 21.6 Å². The molecule has 2 rings (SSSR count). The quantitative estimate of drug-likeness (QED) is 0.581. The maximum atomic E-state index is 10.7. The maximum absolute atomic E-state index is 10.7. The van der Waals surface area contributed by atoms with Crippen molar-refractivity contribution < 1.29 is 4.92 Å². The van der Waals surface area contributed by atoms with E-state index in [2.05, 4.69) is 27.9 Å². The zero-order chi connectivity index (χ0) is 11.0. The van der Waals surface area contributed by atoms with Gasteiger partial charge >= 0.3 is 0 Å². The number of non-ortho nitro benzene ring substituents is 1. The van der Waals surface area contributed by atoms with Crippen LogP contribution in [0.3, 0.4) is 0 Å². The third kappa shape index (κ3) is 2.03. The molecule has 1 aromatic rings. The van der Waals surface area contributed by atoms with Crippen molar-refractivity contribution in [2.45, 2.75) is 13.0 Å². The van der Waals surface area contributed by atoms with Gasteiger partial charge in [0.1, 0.15) is 0 Å². The lowest BCUT2D eigenvalue weighted by molar-refractivity contribution is -0.385. The second-order valence-electron chi connectivity index (χ2n) is 3.81. The van der Waals surface area contributed by atoms with Crippen LogP contribution in [0, 0.1) is 10.1 Å². The number of nitrogens with zero attached hydrogens (tertiary/aromatic N) is 2. The smallest absolute Gasteiger partial charge is 0.270 e. The van der Waals surface area contributed by atoms with E-state index < -0.39 is 0 Å². The molecule has 80 valence electrons. The summed E-state index contributed by atoms with van der Waals surface area (Å²) in [6.45, 7) is 1.81. The number of nitro groups is 1. The van der Waals surface area contributed by atoms with Gasteiger partial charge in [-0.05, 0) is 24.6 Å². The highest BCUT2D eigenvalue weighted by atomic mass is 79.9. The number of likely N-dealkylation sites (N-methyl/N-ethyl adjacent to an activating group) is 1. The van der Waals surface area contributed by atoms with Gasteiger partial charge in [0, 0.05) is 29.7 Å². The second kappa shape index (κ2) is 3.90. The molecule has 0 spiro atoms. The number of rotatable bonds is 1. The van der Waals surface area contributed by atoms with Crippen molar-refractivity contribution in [1.82, 2.24) is 4.90 Å². The lowest BCUT2D eigenvalue weighted by atomic mass is 9.99. The number of nitro benzene ring substituents is 1. The Morgan fingerprint density at radius 3 is 2.93 bits per heavy atom. The van der Waals surface area contributed by atoms with E-state index in [0.717, 1.165) is 29.5 Å². The van der Waals surface area contributed by atoms with E-state index in [0.29, 0.717) is 0 Å². The molecule has 1 aliphatic rings. The summed E-state index contributed by atoms with van der Waals surface area (Å²) in [6.07, 6.45) is 0.881. The highest BCUT2D eigenvalue weighted by Crippen LogP contribution is 2.30. The van der Waals surface area contributed by atoms with Crippen molar-refractivity contribution in [1.29, 1.82) is 0 Å². The predicted octanol–water partition coefficient (Wildman–Crippen LogP) is 2.35. The molecule has 1 aromatic carbocycles. The third-order valence-corrected chi connectivity index (χ3v) is 3.38. The summed E-state index contributed by atoms with van der Waals surface area (Å²) in [5, 5.41) is 10.7. The molecule has 0 N–H and O–H groups in total. The van der Waals surface area contributed by atoms with Crippen LogP contribution in [0.1, 0.15) is 11.1 Å². The molecule has 0 bridgehead atoms. The lowest BCUT2D eigenvalue weighted by Gasteiger charge is -2.25. The number of halogens is 1. The first-order chi connectivity index (χ1) is 7.08. The molecular weight excluding hydrogens is 260 g/mol. The monoisotopic (exact) mass is 270 g/mol. The van der Waals surface area contributed by atoms with Crippen LogP contribution in [0.25, 0.3) is 0 Å². The van der Waals surface area contributed by atoms with Crippen molar-refractivity contribution in [3.8, 4) is 0 Å². The number of fused-ring (bicyclic) bond motifs is 1. The van der Waals surface area contributed by atoms with E-state index in [1.54, 1.807) is 12.1 Å². The van der Waals surface area contributed by atoms with Gasteiger partial charge in [-0.3, -0.25) is 10.1 Å². The summed E-state index contributed by atoms with van der Waals surface area (Å²) < 4.78 is 0.846. The fraction of sp³-hybridized carbons (Fsp3) is 0.400. The van der Waals surface area contributed by atoms with Gasteiger partial charge in [0.25, 0.3) is 5.69 Å². The molecule has 4 nitrogen and oxygen atoms in total. The molecule has 5 heteroatoms. The van der Waals surface area contributed by atoms with Crippen LogP contribution < -0.4 is 0 Å². The minimum atomic E-state index is -0.344. The van der Waals surface area contributed by atoms with Crippen molar-refractivity contribution in [2.24, 2.45) is 0 Å². The molecule has 0 unspecified atom stereocenters. The summed E-state index contributed by atoms with van der Waals surface area (Å²) in [4.78, 5) is 12.5. The number of hydrogen-bond acceptors (Lipinski definition) is 3. The summed E-state index contributed by atoms with van der Waals surface area (Å²) in [5.74, 6) is 0. The third-order valence-electron chi connectivity index (χ3n) is 2.67. The lowest BCUT2D eigenvalue weighted by Crippen LogP contribution is -2.26. The van der Waals surface area contributed by atoms with Gasteiger partial charge in [0.15, 0.2) is 0 Å². The Kier molecular flexibility index (Phi) is 2.75. The summed E-state index contributed by atoms with van der Waals surface area (Å²) >= 11 is 3.40. The van der Waals surface area contributed by atoms with Crippen LogP contribution in [-0.4, -0.2) is 23.4 Å². The topological polar surface area (TPSA) is 46.4 Å². The van der Waals surface area contributed by atoms with Crippen LogP contribution in [0.5, 0.6) is 0 Å². The molecule has 0 atom stereocenters. The Bertz CT molecular complexity index is 420. The Morgan fingerprint density at radius 2 is 2.27 bits per heavy atom. The molecule has 0 saturated heterocycles. The van der Waals surface area contributed by atoms with E-state index in [9.17, 15) is 10.1 Å². The van der Waals surface area contributed by atoms with Crippen LogP contribution in [-0.2, 0) is 13.0 Å². The predicted molar refractivity (Wildman–Crippen MR) is 60.8 cm³/mol. The SMILES string of the molecule is CN1CCc2cc([N+](=O)[O-])cc(Br)c2C1. The first kappa shape index (κ1) is 10.6. The van der Waals surface area contributed by atoms with Gasteiger partial charge in [0.05, 0.1) is 4.92 Å². The molecule has 0 amide bonds. The molecule has 0 aliphatic carbocycles. The Labute approximate surface area is 96.2 Å². The van der Waals surface area contributed by atoms with E-state index in [1.807, 2.05) is 0 Å².